The lowest BCUT2D eigenvalue weighted by molar-refractivity contribution is 0.397. The third-order valence-corrected chi connectivity index (χ3v) is 4.91. The van der Waals surface area contributed by atoms with Gasteiger partial charge >= 0.3 is 0 Å². The zero-order chi connectivity index (χ0) is 13.3. The molecule has 3 rings (SSSR count). The molecule has 1 fully saturated rings. The first-order valence-electron chi connectivity index (χ1n) is 7.78. The molecular weight excluding hydrogens is 232 g/mol. The topological polar surface area (TPSA) is 29.3 Å². The fourth-order valence-electron chi connectivity index (χ4n) is 3.80. The molecule has 1 heterocycles. The summed E-state index contributed by atoms with van der Waals surface area (Å²) in [4.78, 5) is 2.57. The second-order valence-electron chi connectivity index (χ2n) is 6.70. The molecule has 1 aliphatic heterocycles. The van der Waals surface area contributed by atoms with Crippen molar-refractivity contribution in [2.75, 3.05) is 18.0 Å². The van der Waals surface area contributed by atoms with E-state index in [0.717, 1.165) is 18.9 Å². The van der Waals surface area contributed by atoms with E-state index in [2.05, 4.69) is 36.1 Å². The van der Waals surface area contributed by atoms with Gasteiger partial charge in [0.1, 0.15) is 0 Å². The highest BCUT2D eigenvalue weighted by molar-refractivity contribution is 5.55. The lowest BCUT2D eigenvalue weighted by atomic mass is 9.91. The van der Waals surface area contributed by atoms with E-state index in [1.54, 1.807) is 0 Å². The van der Waals surface area contributed by atoms with E-state index in [-0.39, 0.29) is 5.54 Å². The van der Waals surface area contributed by atoms with Gasteiger partial charge in [0.25, 0.3) is 0 Å². The average Bonchev–Trinajstić information content (AvgIpc) is 2.83. The van der Waals surface area contributed by atoms with E-state index in [0.29, 0.717) is 0 Å². The Bertz CT molecular complexity index is 435. The summed E-state index contributed by atoms with van der Waals surface area (Å²) in [6.07, 6.45) is 7.46. The van der Waals surface area contributed by atoms with Gasteiger partial charge in [-0.1, -0.05) is 38.0 Å². The maximum Gasteiger partial charge on any atom is 0.0398 e. The molecule has 2 heteroatoms. The van der Waals surface area contributed by atoms with Crippen molar-refractivity contribution in [1.82, 2.24) is 0 Å². The van der Waals surface area contributed by atoms with Crippen LogP contribution in [0.1, 0.15) is 44.6 Å². The molecule has 1 saturated carbocycles. The van der Waals surface area contributed by atoms with Gasteiger partial charge < -0.3 is 10.6 Å². The zero-order valence-electron chi connectivity index (χ0n) is 12.1. The predicted molar refractivity (Wildman–Crippen MR) is 81.5 cm³/mol. The molecule has 0 aromatic heterocycles. The fourth-order valence-corrected chi connectivity index (χ4v) is 3.80. The summed E-state index contributed by atoms with van der Waals surface area (Å²) in [5.74, 6) is 0.757. The highest BCUT2D eigenvalue weighted by atomic mass is 15.1. The van der Waals surface area contributed by atoms with Crippen LogP contribution in [0.4, 0.5) is 5.69 Å². The quantitative estimate of drug-likeness (QED) is 0.901. The van der Waals surface area contributed by atoms with Gasteiger partial charge in [-0.15, -0.1) is 0 Å². The second-order valence-corrected chi connectivity index (χ2v) is 6.70. The first kappa shape index (κ1) is 13.0. The molecule has 0 bridgehead atoms. The Kier molecular flexibility index (Phi) is 3.53. The molecule has 1 aromatic carbocycles. The molecule has 1 unspecified atom stereocenters. The van der Waals surface area contributed by atoms with E-state index >= 15 is 0 Å². The largest absolute Gasteiger partial charge is 0.371 e. The van der Waals surface area contributed by atoms with Crippen LogP contribution in [0.2, 0.25) is 0 Å². The molecule has 2 N–H and O–H groups in total. The van der Waals surface area contributed by atoms with Gasteiger partial charge in [-0.05, 0) is 43.2 Å². The van der Waals surface area contributed by atoms with Crippen molar-refractivity contribution in [2.45, 2.75) is 51.0 Å². The Labute approximate surface area is 117 Å². The highest BCUT2D eigenvalue weighted by Crippen LogP contribution is 2.33. The van der Waals surface area contributed by atoms with Crippen molar-refractivity contribution in [1.29, 1.82) is 0 Å². The summed E-state index contributed by atoms with van der Waals surface area (Å²) in [7, 11) is 0. The number of benzene rings is 1. The molecule has 0 amide bonds. The van der Waals surface area contributed by atoms with Crippen LogP contribution >= 0.6 is 0 Å². The number of rotatable bonds is 3. The Morgan fingerprint density at radius 1 is 1.26 bits per heavy atom. The molecule has 104 valence electrons. The molecule has 1 aromatic rings. The maximum absolute atomic E-state index is 6.50. The maximum atomic E-state index is 6.50. The Balaban J connectivity index is 1.71. The standard InChI is InChI=1S/C17H26N2/c1-14-12-15-6-2-3-7-16(15)19(13-14)11-10-17(18)8-4-5-9-17/h2-3,6-7,14H,4-5,8-13,18H2,1H3. The molecule has 2 nitrogen and oxygen atoms in total. The Hall–Kier alpha value is -1.02. The molecular formula is C17H26N2. The van der Waals surface area contributed by atoms with E-state index in [4.69, 9.17) is 5.73 Å². The Morgan fingerprint density at radius 2 is 2.00 bits per heavy atom. The smallest absolute Gasteiger partial charge is 0.0398 e. The summed E-state index contributed by atoms with van der Waals surface area (Å²) in [5, 5.41) is 0. The zero-order valence-corrected chi connectivity index (χ0v) is 12.1. The second kappa shape index (κ2) is 5.16. The third-order valence-electron chi connectivity index (χ3n) is 4.91. The van der Waals surface area contributed by atoms with Crippen LogP contribution in [0.25, 0.3) is 0 Å². The van der Waals surface area contributed by atoms with Crippen molar-refractivity contribution in [3.63, 3.8) is 0 Å². The minimum Gasteiger partial charge on any atom is -0.371 e. The summed E-state index contributed by atoms with van der Waals surface area (Å²) >= 11 is 0. The van der Waals surface area contributed by atoms with Gasteiger partial charge in [-0.3, -0.25) is 0 Å². The summed E-state index contributed by atoms with van der Waals surface area (Å²) < 4.78 is 0. The van der Waals surface area contributed by atoms with Crippen molar-refractivity contribution in [2.24, 2.45) is 11.7 Å². The molecule has 19 heavy (non-hydrogen) atoms. The van der Waals surface area contributed by atoms with Gasteiger partial charge in [0.2, 0.25) is 0 Å². The van der Waals surface area contributed by atoms with E-state index in [9.17, 15) is 0 Å². The van der Waals surface area contributed by atoms with E-state index < -0.39 is 0 Å². The molecule has 1 atom stereocenters. The average molecular weight is 258 g/mol. The number of anilines is 1. The molecule has 0 saturated heterocycles. The number of fused-ring (bicyclic) bond motifs is 1. The van der Waals surface area contributed by atoms with Crippen molar-refractivity contribution in [3.8, 4) is 0 Å². The SMILES string of the molecule is CC1Cc2ccccc2N(CCC2(N)CCCC2)C1. The van der Waals surface area contributed by atoms with Crippen LogP contribution in [-0.2, 0) is 6.42 Å². The molecule has 1 aliphatic carbocycles. The van der Waals surface area contributed by atoms with Gasteiger partial charge in [-0.2, -0.15) is 0 Å². The van der Waals surface area contributed by atoms with Crippen molar-refractivity contribution < 1.29 is 0 Å². The fraction of sp³-hybridized carbons (Fsp3) is 0.647. The van der Waals surface area contributed by atoms with Gasteiger partial charge in [0.15, 0.2) is 0 Å². The molecule has 2 aliphatic rings. The number of hydrogen-bond donors (Lipinski definition) is 1. The van der Waals surface area contributed by atoms with Crippen LogP contribution in [0, 0.1) is 5.92 Å². The predicted octanol–water partition coefficient (Wildman–Crippen LogP) is 3.35. The summed E-state index contributed by atoms with van der Waals surface area (Å²) in [6, 6.07) is 8.89. The molecule has 0 spiro atoms. The Morgan fingerprint density at radius 3 is 2.79 bits per heavy atom. The van der Waals surface area contributed by atoms with Crippen LogP contribution in [0.15, 0.2) is 24.3 Å². The molecule has 0 radical (unpaired) electrons. The van der Waals surface area contributed by atoms with E-state index in [1.165, 1.54) is 49.9 Å². The lowest BCUT2D eigenvalue weighted by Crippen LogP contribution is -2.43. The van der Waals surface area contributed by atoms with Crippen LogP contribution < -0.4 is 10.6 Å². The van der Waals surface area contributed by atoms with Gasteiger partial charge in [0.05, 0.1) is 0 Å². The normalized spacial score (nSPS) is 25.4. The lowest BCUT2D eigenvalue weighted by Gasteiger charge is -2.37. The van der Waals surface area contributed by atoms with Crippen LogP contribution in [0.5, 0.6) is 0 Å². The first-order valence-corrected chi connectivity index (χ1v) is 7.78. The van der Waals surface area contributed by atoms with Crippen LogP contribution in [-0.4, -0.2) is 18.6 Å². The number of para-hydroxylation sites is 1. The summed E-state index contributed by atoms with van der Waals surface area (Å²) in [6.45, 7) is 4.67. The van der Waals surface area contributed by atoms with Crippen LogP contribution in [0.3, 0.4) is 0 Å². The first-order chi connectivity index (χ1) is 9.16. The van der Waals surface area contributed by atoms with Gasteiger partial charge in [-0.25, -0.2) is 0 Å². The highest BCUT2D eigenvalue weighted by Gasteiger charge is 2.30. The minimum atomic E-state index is 0.121. The van der Waals surface area contributed by atoms with Gasteiger partial charge in [0, 0.05) is 24.3 Å². The number of nitrogens with zero attached hydrogens (tertiary/aromatic N) is 1. The third kappa shape index (κ3) is 2.79. The van der Waals surface area contributed by atoms with Crippen molar-refractivity contribution in [3.05, 3.63) is 29.8 Å². The number of nitrogens with two attached hydrogens (primary N) is 1. The monoisotopic (exact) mass is 258 g/mol. The van der Waals surface area contributed by atoms with E-state index in [1.807, 2.05) is 0 Å². The minimum absolute atomic E-state index is 0.121. The summed E-state index contributed by atoms with van der Waals surface area (Å²) in [5.41, 5.74) is 9.58. The number of hydrogen-bond acceptors (Lipinski definition) is 2. The van der Waals surface area contributed by atoms with Crippen molar-refractivity contribution >= 4 is 5.69 Å².